The van der Waals surface area contributed by atoms with Crippen molar-refractivity contribution in [1.29, 1.82) is 0 Å². The second-order valence-corrected chi connectivity index (χ2v) is 12.2. The number of anilines is 2. The molecule has 2 saturated heterocycles. The molecule has 238 valence electrons. The van der Waals surface area contributed by atoms with Crippen LogP contribution < -0.4 is 20.4 Å². The molecule has 2 fully saturated rings. The first-order valence-electron chi connectivity index (χ1n) is 14.6. The standard InChI is InChI=1S/C36H24Cl2N4O4S2/c37-23-13-7-15-25(19-23)41-33(45)31(43)27(35(41)47)29(21-9-3-1-4-10-21)39-17-18-40-30(22-11-5-2-6-12-22)28-32(44)34(46)42(36(28)48)26-16-8-14-24(38)20-26/h1-16,19-20,39-40H,17-18H2/b29-27+,30-28+. The Hall–Kier alpha value is -5.00. The summed E-state index contributed by atoms with van der Waals surface area (Å²) in [6.45, 7) is 0.428. The second kappa shape index (κ2) is 14.0. The van der Waals surface area contributed by atoms with Crippen molar-refractivity contribution in [1.82, 2.24) is 10.6 Å². The summed E-state index contributed by atoms with van der Waals surface area (Å²) >= 11 is 23.7. The molecule has 0 spiro atoms. The molecule has 0 unspecified atom stereocenters. The van der Waals surface area contributed by atoms with E-state index in [1.165, 1.54) is 9.80 Å². The number of rotatable bonds is 9. The number of Topliss-reactive ketones (excluding diaryl/α,β-unsaturated/α-hetero) is 2. The third-order valence-corrected chi connectivity index (χ3v) is 8.81. The van der Waals surface area contributed by atoms with E-state index in [9.17, 15) is 19.2 Å². The zero-order chi connectivity index (χ0) is 33.9. The molecule has 2 N–H and O–H groups in total. The van der Waals surface area contributed by atoms with E-state index in [4.69, 9.17) is 47.6 Å². The van der Waals surface area contributed by atoms with E-state index < -0.39 is 23.4 Å². The van der Waals surface area contributed by atoms with Crippen molar-refractivity contribution in [3.8, 4) is 0 Å². The minimum atomic E-state index is -0.788. The van der Waals surface area contributed by atoms with Crippen LogP contribution in [0.1, 0.15) is 11.1 Å². The zero-order valence-electron chi connectivity index (χ0n) is 24.9. The topological polar surface area (TPSA) is 98.8 Å². The zero-order valence-corrected chi connectivity index (χ0v) is 28.1. The van der Waals surface area contributed by atoms with Crippen LogP contribution in [0.15, 0.2) is 120 Å². The maximum atomic E-state index is 13.4. The summed E-state index contributed by atoms with van der Waals surface area (Å²) in [6, 6.07) is 31.2. The number of carbonyl (C=O) groups excluding carboxylic acids is 4. The fourth-order valence-corrected chi connectivity index (χ4v) is 6.55. The highest BCUT2D eigenvalue weighted by molar-refractivity contribution is 7.81. The fraction of sp³-hybridized carbons (Fsp3) is 0.0556. The first-order chi connectivity index (χ1) is 23.2. The number of hydrogen-bond donors (Lipinski definition) is 2. The van der Waals surface area contributed by atoms with Crippen LogP contribution in [0.25, 0.3) is 11.4 Å². The molecule has 4 aromatic rings. The lowest BCUT2D eigenvalue weighted by Gasteiger charge is -2.19. The van der Waals surface area contributed by atoms with Gasteiger partial charge in [0.2, 0.25) is 0 Å². The fourth-order valence-electron chi connectivity index (χ4n) is 5.41. The highest BCUT2D eigenvalue weighted by atomic mass is 35.5. The molecule has 0 saturated carbocycles. The molecule has 0 radical (unpaired) electrons. The van der Waals surface area contributed by atoms with Crippen molar-refractivity contribution in [2.24, 2.45) is 0 Å². The Labute approximate surface area is 296 Å². The lowest BCUT2D eigenvalue weighted by Crippen LogP contribution is -2.30. The van der Waals surface area contributed by atoms with Gasteiger partial charge in [0.1, 0.15) is 9.98 Å². The Morgan fingerprint density at radius 3 is 1.27 bits per heavy atom. The van der Waals surface area contributed by atoms with Gasteiger partial charge in [0, 0.05) is 23.1 Å². The van der Waals surface area contributed by atoms with Gasteiger partial charge in [-0.15, -0.1) is 0 Å². The monoisotopic (exact) mass is 710 g/mol. The Kier molecular flexibility index (Phi) is 9.61. The number of halogens is 2. The van der Waals surface area contributed by atoms with E-state index in [-0.39, 0.29) is 34.2 Å². The predicted octanol–water partition coefficient (Wildman–Crippen LogP) is 6.18. The molecule has 2 aliphatic rings. The number of ketones is 2. The van der Waals surface area contributed by atoms with E-state index in [0.717, 1.165) is 0 Å². The predicted molar refractivity (Wildman–Crippen MR) is 196 cm³/mol. The first-order valence-corrected chi connectivity index (χ1v) is 16.2. The average Bonchev–Trinajstić information content (AvgIpc) is 3.44. The van der Waals surface area contributed by atoms with Crippen LogP contribution in [0.5, 0.6) is 0 Å². The van der Waals surface area contributed by atoms with Crippen LogP contribution in [0, 0.1) is 0 Å². The maximum Gasteiger partial charge on any atom is 0.304 e. The Bertz CT molecular complexity index is 1930. The van der Waals surface area contributed by atoms with E-state index in [0.29, 0.717) is 43.9 Å². The van der Waals surface area contributed by atoms with Gasteiger partial charge in [-0.05, 0) is 47.5 Å². The van der Waals surface area contributed by atoms with Gasteiger partial charge in [0.15, 0.2) is 0 Å². The van der Waals surface area contributed by atoms with Crippen molar-refractivity contribution in [3.63, 3.8) is 0 Å². The Morgan fingerprint density at radius 2 is 0.917 bits per heavy atom. The number of benzene rings is 4. The molecule has 48 heavy (non-hydrogen) atoms. The molecule has 0 aliphatic carbocycles. The largest absolute Gasteiger partial charge is 0.382 e. The molecule has 0 bridgehead atoms. The first kappa shape index (κ1) is 32.9. The van der Waals surface area contributed by atoms with E-state index >= 15 is 0 Å². The smallest absolute Gasteiger partial charge is 0.304 e. The Morgan fingerprint density at radius 1 is 0.542 bits per heavy atom. The molecule has 6 rings (SSSR count). The number of nitrogens with one attached hydrogen (secondary N) is 2. The van der Waals surface area contributed by atoms with Crippen molar-refractivity contribution in [3.05, 3.63) is 142 Å². The minimum Gasteiger partial charge on any atom is -0.382 e. The van der Waals surface area contributed by atoms with Crippen LogP contribution in [-0.2, 0) is 19.2 Å². The van der Waals surface area contributed by atoms with Gasteiger partial charge in [-0.1, -0.05) is 120 Å². The number of nitrogens with zero attached hydrogens (tertiary/aromatic N) is 2. The lowest BCUT2D eigenvalue weighted by molar-refractivity contribution is -0.132. The highest BCUT2D eigenvalue weighted by Gasteiger charge is 2.44. The molecule has 2 aliphatic heterocycles. The van der Waals surface area contributed by atoms with E-state index in [2.05, 4.69) is 10.6 Å². The van der Waals surface area contributed by atoms with E-state index in [1.807, 2.05) is 36.4 Å². The van der Waals surface area contributed by atoms with Gasteiger partial charge < -0.3 is 10.6 Å². The molecule has 0 aromatic heterocycles. The van der Waals surface area contributed by atoms with Gasteiger partial charge >= 0.3 is 11.8 Å². The number of amides is 2. The number of hydrogen-bond acceptors (Lipinski definition) is 8. The molecule has 2 amide bonds. The third kappa shape index (κ3) is 6.31. The van der Waals surface area contributed by atoms with Crippen LogP contribution in [0.2, 0.25) is 10.0 Å². The molecular weight excluding hydrogens is 687 g/mol. The molecule has 12 heteroatoms. The summed E-state index contributed by atoms with van der Waals surface area (Å²) < 4.78 is 0. The SMILES string of the molecule is O=C1C(=O)N(c2cccc(Cl)c2)C(=S)/C1=C(/NCCN/C(=C1\C(=O)C(=O)N(c2cccc(Cl)c2)C1=S)c1ccccc1)c1ccccc1. The summed E-state index contributed by atoms with van der Waals surface area (Å²) in [5.41, 5.74) is 2.89. The van der Waals surface area contributed by atoms with Crippen molar-refractivity contribution in [2.45, 2.75) is 0 Å². The molecule has 0 atom stereocenters. The van der Waals surface area contributed by atoms with Gasteiger partial charge in [-0.2, -0.15) is 0 Å². The third-order valence-electron chi connectivity index (χ3n) is 7.57. The lowest BCUT2D eigenvalue weighted by atomic mass is 10.0. The quantitative estimate of drug-likeness (QED) is 0.0920. The summed E-state index contributed by atoms with van der Waals surface area (Å²) in [4.78, 5) is 55.7. The summed E-state index contributed by atoms with van der Waals surface area (Å²) in [6.07, 6.45) is 0. The molecule has 4 aromatic carbocycles. The number of thiocarbonyl (C=S) groups is 2. The van der Waals surface area contributed by atoms with Gasteiger partial charge in [-0.3, -0.25) is 29.0 Å². The van der Waals surface area contributed by atoms with Gasteiger partial charge in [0.25, 0.3) is 11.6 Å². The molecule has 2 heterocycles. The highest BCUT2D eigenvalue weighted by Crippen LogP contribution is 2.32. The van der Waals surface area contributed by atoms with Crippen molar-refractivity contribution >= 4 is 104 Å². The van der Waals surface area contributed by atoms with Crippen LogP contribution >= 0.6 is 47.6 Å². The van der Waals surface area contributed by atoms with Gasteiger partial charge in [-0.25, -0.2) is 0 Å². The summed E-state index contributed by atoms with van der Waals surface area (Å²) in [5, 5.41) is 7.35. The van der Waals surface area contributed by atoms with Crippen LogP contribution in [-0.4, -0.2) is 46.4 Å². The van der Waals surface area contributed by atoms with Crippen LogP contribution in [0.4, 0.5) is 11.4 Å². The van der Waals surface area contributed by atoms with Crippen molar-refractivity contribution in [2.75, 3.05) is 22.9 Å². The maximum absolute atomic E-state index is 13.4. The molecule has 8 nitrogen and oxygen atoms in total. The minimum absolute atomic E-state index is 0.0418. The van der Waals surface area contributed by atoms with Gasteiger partial charge in [0.05, 0.1) is 33.9 Å². The van der Waals surface area contributed by atoms with E-state index in [1.54, 1.807) is 72.8 Å². The van der Waals surface area contributed by atoms with Crippen LogP contribution in [0.3, 0.4) is 0 Å². The number of carbonyl (C=O) groups is 4. The summed E-state index contributed by atoms with van der Waals surface area (Å²) in [7, 11) is 0. The normalized spacial score (nSPS) is 17.0. The summed E-state index contributed by atoms with van der Waals surface area (Å²) in [5.74, 6) is -3.09. The average molecular weight is 712 g/mol. The molecular formula is C36H24Cl2N4O4S2. The van der Waals surface area contributed by atoms with Crippen molar-refractivity contribution < 1.29 is 19.2 Å². The Balaban J connectivity index is 1.31. The second-order valence-electron chi connectivity index (χ2n) is 10.6.